The van der Waals surface area contributed by atoms with Crippen molar-refractivity contribution >= 4 is 11.7 Å². The van der Waals surface area contributed by atoms with Crippen LogP contribution < -0.4 is 5.32 Å². The minimum atomic E-state index is 0.236. The van der Waals surface area contributed by atoms with Crippen molar-refractivity contribution in [3.8, 4) is 0 Å². The summed E-state index contributed by atoms with van der Waals surface area (Å²) >= 11 is 0. The van der Waals surface area contributed by atoms with E-state index >= 15 is 0 Å². The number of carbonyl (C=O) groups is 1. The lowest BCUT2D eigenvalue weighted by Crippen LogP contribution is -2.37. The number of hydrogen-bond donors (Lipinski definition) is 1. The van der Waals surface area contributed by atoms with Gasteiger partial charge in [-0.15, -0.1) is 0 Å². The van der Waals surface area contributed by atoms with E-state index in [0.717, 1.165) is 62.7 Å². The zero-order chi connectivity index (χ0) is 20.9. The summed E-state index contributed by atoms with van der Waals surface area (Å²) in [4.78, 5) is 27.0. The molecule has 30 heavy (non-hydrogen) atoms. The van der Waals surface area contributed by atoms with Crippen molar-refractivity contribution in [3.05, 3.63) is 53.0 Å². The van der Waals surface area contributed by atoms with Gasteiger partial charge in [0.05, 0.1) is 12.2 Å². The predicted molar refractivity (Wildman–Crippen MR) is 120 cm³/mol. The highest BCUT2D eigenvalue weighted by molar-refractivity contribution is 5.76. The van der Waals surface area contributed by atoms with Crippen LogP contribution in [0, 0.1) is 0 Å². The highest BCUT2D eigenvalue weighted by Gasteiger charge is 2.28. The Kier molecular flexibility index (Phi) is 6.62. The zero-order valence-corrected chi connectivity index (χ0v) is 18.2. The number of benzene rings is 1. The number of rotatable bonds is 6. The number of carbonyl (C=O) groups excluding carboxylic acids is 1. The largest absolute Gasteiger partial charge is 0.373 e. The molecule has 1 saturated heterocycles. The Morgan fingerprint density at radius 3 is 2.80 bits per heavy atom. The van der Waals surface area contributed by atoms with Crippen LogP contribution in [0.25, 0.3) is 0 Å². The van der Waals surface area contributed by atoms with Crippen molar-refractivity contribution in [2.24, 2.45) is 0 Å². The van der Waals surface area contributed by atoms with Crippen LogP contribution in [0.4, 0.5) is 5.82 Å². The van der Waals surface area contributed by atoms with Crippen LogP contribution in [-0.2, 0) is 24.2 Å². The second kappa shape index (κ2) is 9.56. The fourth-order valence-electron chi connectivity index (χ4n) is 4.68. The first-order valence-corrected chi connectivity index (χ1v) is 11.2. The summed E-state index contributed by atoms with van der Waals surface area (Å²) in [7, 11) is 4.10. The van der Waals surface area contributed by atoms with Gasteiger partial charge in [-0.25, -0.2) is 9.97 Å². The number of anilines is 1. The maximum atomic E-state index is 12.8. The number of piperidine rings is 1. The molecule has 1 amide bonds. The summed E-state index contributed by atoms with van der Waals surface area (Å²) in [6.07, 6.45) is 5.56. The minimum Gasteiger partial charge on any atom is -0.373 e. The van der Waals surface area contributed by atoms with Crippen LogP contribution in [0.1, 0.15) is 54.2 Å². The van der Waals surface area contributed by atoms with Crippen LogP contribution >= 0.6 is 0 Å². The molecule has 0 unspecified atom stereocenters. The van der Waals surface area contributed by atoms with Gasteiger partial charge in [0.1, 0.15) is 11.6 Å². The van der Waals surface area contributed by atoms with Gasteiger partial charge in [-0.05, 0) is 51.3 Å². The summed E-state index contributed by atoms with van der Waals surface area (Å²) in [5.74, 6) is 2.49. The molecular formula is C24H33N5O. The molecule has 0 bridgehead atoms. The summed E-state index contributed by atoms with van der Waals surface area (Å²) < 4.78 is 0. The van der Waals surface area contributed by atoms with Crippen molar-refractivity contribution in [1.29, 1.82) is 0 Å². The van der Waals surface area contributed by atoms with E-state index in [4.69, 9.17) is 9.97 Å². The number of aromatic nitrogens is 2. The molecule has 0 saturated carbocycles. The fourth-order valence-corrected chi connectivity index (χ4v) is 4.68. The fraction of sp³-hybridized carbons (Fsp3) is 0.542. The van der Waals surface area contributed by atoms with Gasteiger partial charge in [0, 0.05) is 38.0 Å². The van der Waals surface area contributed by atoms with Gasteiger partial charge >= 0.3 is 0 Å². The van der Waals surface area contributed by atoms with E-state index < -0.39 is 0 Å². The zero-order valence-electron chi connectivity index (χ0n) is 18.2. The number of likely N-dealkylation sites (N-methyl/N-ethyl adjacent to an activating group) is 1. The highest BCUT2D eigenvalue weighted by atomic mass is 16.2. The first-order valence-electron chi connectivity index (χ1n) is 11.2. The summed E-state index contributed by atoms with van der Waals surface area (Å²) in [5, 5.41) is 3.27. The Bertz CT molecular complexity index is 869. The van der Waals surface area contributed by atoms with Gasteiger partial charge in [0.25, 0.3) is 0 Å². The van der Waals surface area contributed by atoms with Gasteiger partial charge in [0.15, 0.2) is 0 Å². The van der Waals surface area contributed by atoms with Gasteiger partial charge in [-0.3, -0.25) is 4.79 Å². The topological polar surface area (TPSA) is 61.4 Å². The molecule has 2 aliphatic rings. The highest BCUT2D eigenvalue weighted by Crippen LogP contribution is 2.29. The third-order valence-corrected chi connectivity index (χ3v) is 6.36. The number of amides is 1. The maximum Gasteiger partial charge on any atom is 0.222 e. The average Bonchev–Trinajstić information content (AvgIpc) is 2.78. The Morgan fingerprint density at radius 2 is 2.03 bits per heavy atom. The van der Waals surface area contributed by atoms with Crippen LogP contribution in [0.2, 0.25) is 0 Å². The molecule has 1 fully saturated rings. The normalized spacial score (nSPS) is 19.4. The molecule has 4 rings (SSSR count). The second-order valence-corrected chi connectivity index (χ2v) is 8.61. The molecule has 2 aliphatic heterocycles. The Hall–Kier alpha value is -2.47. The molecule has 160 valence electrons. The van der Waals surface area contributed by atoms with Crippen molar-refractivity contribution in [3.63, 3.8) is 0 Å². The summed E-state index contributed by atoms with van der Waals surface area (Å²) in [6.45, 7) is 3.50. The molecule has 2 aromatic rings. The average molecular weight is 408 g/mol. The van der Waals surface area contributed by atoms with Gasteiger partial charge in [0.2, 0.25) is 5.91 Å². The molecule has 1 atom stereocenters. The van der Waals surface area contributed by atoms with Crippen molar-refractivity contribution in [2.45, 2.75) is 51.0 Å². The smallest absolute Gasteiger partial charge is 0.222 e. The number of hydrogen-bond acceptors (Lipinski definition) is 5. The van der Waals surface area contributed by atoms with Crippen molar-refractivity contribution < 1.29 is 4.79 Å². The number of aryl methyl sites for hydroxylation is 1. The third-order valence-electron chi connectivity index (χ3n) is 6.36. The molecule has 0 radical (unpaired) electrons. The first kappa shape index (κ1) is 20.8. The van der Waals surface area contributed by atoms with E-state index in [0.29, 0.717) is 18.9 Å². The molecular weight excluding hydrogens is 374 g/mol. The van der Waals surface area contributed by atoms with Crippen molar-refractivity contribution in [1.82, 2.24) is 19.8 Å². The quantitative estimate of drug-likeness (QED) is 0.797. The molecule has 0 aliphatic carbocycles. The van der Waals surface area contributed by atoms with Crippen LogP contribution in [0.3, 0.4) is 0 Å². The lowest BCUT2D eigenvalue weighted by molar-refractivity contribution is -0.132. The predicted octanol–water partition coefficient (Wildman–Crippen LogP) is 3.24. The molecule has 6 nitrogen and oxygen atoms in total. The molecule has 6 heteroatoms. The number of nitrogens with one attached hydrogen (secondary N) is 1. The third kappa shape index (κ3) is 4.81. The van der Waals surface area contributed by atoms with E-state index in [1.807, 2.05) is 18.0 Å². The Balaban J connectivity index is 1.42. The number of nitrogens with zero attached hydrogens (tertiary/aromatic N) is 4. The standard InChI is InChI=1S/C24H33N5O/c1-25-24-20-13-15-29(22(30)12-6-10-18-8-4-3-5-9-18)17-21(20)26-23(27-24)19-11-7-14-28(2)16-19/h3-5,8-9,19H,6-7,10-17H2,1-2H3,(H,25,26,27)/t19-/m0/s1. The monoisotopic (exact) mass is 407 g/mol. The molecule has 1 N–H and O–H groups in total. The van der Waals surface area contributed by atoms with E-state index in [1.165, 1.54) is 17.5 Å². The van der Waals surface area contributed by atoms with E-state index in [1.54, 1.807) is 0 Å². The molecule has 0 spiro atoms. The van der Waals surface area contributed by atoms with Gasteiger partial charge in [-0.2, -0.15) is 0 Å². The van der Waals surface area contributed by atoms with Crippen LogP contribution in [-0.4, -0.2) is 59.4 Å². The van der Waals surface area contributed by atoms with Crippen LogP contribution in [0.15, 0.2) is 30.3 Å². The first-order chi connectivity index (χ1) is 14.6. The minimum absolute atomic E-state index is 0.236. The maximum absolute atomic E-state index is 12.8. The lowest BCUT2D eigenvalue weighted by atomic mass is 9.96. The van der Waals surface area contributed by atoms with Crippen LogP contribution in [0.5, 0.6) is 0 Å². The summed E-state index contributed by atoms with van der Waals surface area (Å²) in [5.41, 5.74) is 3.50. The SMILES string of the molecule is CNc1nc([C@H]2CCCN(C)C2)nc2c1CCN(C(=O)CCCc1ccccc1)C2. The molecule has 3 heterocycles. The number of fused-ring (bicyclic) bond motifs is 1. The Labute approximate surface area is 179 Å². The van der Waals surface area contributed by atoms with E-state index in [-0.39, 0.29) is 5.91 Å². The molecule has 1 aromatic heterocycles. The van der Waals surface area contributed by atoms with E-state index in [9.17, 15) is 4.79 Å². The van der Waals surface area contributed by atoms with Gasteiger partial charge in [-0.1, -0.05) is 30.3 Å². The van der Waals surface area contributed by atoms with E-state index in [2.05, 4.69) is 41.5 Å². The second-order valence-electron chi connectivity index (χ2n) is 8.61. The number of likely N-dealkylation sites (tertiary alicyclic amines) is 1. The van der Waals surface area contributed by atoms with Gasteiger partial charge < -0.3 is 15.1 Å². The van der Waals surface area contributed by atoms with Crippen molar-refractivity contribution in [2.75, 3.05) is 39.0 Å². The molecule has 1 aromatic carbocycles. The Morgan fingerprint density at radius 1 is 1.20 bits per heavy atom. The lowest BCUT2D eigenvalue weighted by Gasteiger charge is -2.32. The summed E-state index contributed by atoms with van der Waals surface area (Å²) in [6, 6.07) is 10.4.